The normalized spacial score (nSPS) is 16.2. The lowest BCUT2D eigenvalue weighted by atomic mass is 10.2. The summed E-state index contributed by atoms with van der Waals surface area (Å²) >= 11 is 0. The molecule has 0 aromatic rings. The molecule has 0 fully saturated rings. The first-order chi connectivity index (χ1) is 4.83. The van der Waals surface area contributed by atoms with Gasteiger partial charge in [0.1, 0.15) is 0 Å². The van der Waals surface area contributed by atoms with Gasteiger partial charge in [0, 0.05) is 11.4 Å². The third-order valence-corrected chi connectivity index (χ3v) is 1.62. The maximum Gasteiger partial charge on any atom is 0.0407 e. The number of allylic oxidation sites excluding steroid dienone is 4. The van der Waals surface area contributed by atoms with Gasteiger partial charge in [-0.3, -0.25) is 5.32 Å². The second-order valence-corrected chi connectivity index (χ2v) is 2.68. The minimum absolute atomic E-state index is 1.14. The zero-order valence-electron chi connectivity index (χ0n) is 6.72. The molecule has 0 aromatic carbocycles. The third-order valence-electron chi connectivity index (χ3n) is 1.62. The molecule has 1 aliphatic heterocycles. The smallest absolute Gasteiger partial charge is 0.0407 e. The summed E-state index contributed by atoms with van der Waals surface area (Å²) in [5.41, 5.74) is 2.39. The van der Waals surface area contributed by atoms with Crippen molar-refractivity contribution in [2.75, 3.05) is 0 Å². The van der Waals surface area contributed by atoms with Crippen molar-refractivity contribution in [1.29, 1.82) is 0 Å². The molecule has 0 saturated heterocycles. The van der Waals surface area contributed by atoms with E-state index in [1.165, 1.54) is 18.5 Å². The first kappa shape index (κ1) is 7.39. The summed E-state index contributed by atoms with van der Waals surface area (Å²) in [4.78, 5) is 0. The predicted molar refractivity (Wildman–Crippen MR) is 43.5 cm³/mol. The van der Waals surface area contributed by atoms with Crippen molar-refractivity contribution in [3.8, 4) is 0 Å². The van der Waals surface area contributed by atoms with Gasteiger partial charge in [-0.2, -0.15) is 0 Å². The van der Waals surface area contributed by atoms with Crippen molar-refractivity contribution in [3.63, 3.8) is 0 Å². The Kier molecular flexibility index (Phi) is 2.55. The van der Waals surface area contributed by atoms with Gasteiger partial charge in [0.25, 0.3) is 0 Å². The molecule has 0 aromatic heterocycles. The van der Waals surface area contributed by atoms with Gasteiger partial charge in [-0.15, -0.1) is 0 Å². The van der Waals surface area contributed by atoms with Gasteiger partial charge in [0.2, 0.25) is 0 Å². The van der Waals surface area contributed by atoms with Crippen LogP contribution in [0.1, 0.15) is 33.1 Å². The van der Waals surface area contributed by atoms with Crippen LogP contribution in [0.2, 0.25) is 0 Å². The van der Waals surface area contributed by atoms with Crippen LogP contribution < -0.4 is 5.32 Å². The molecule has 1 heterocycles. The van der Waals surface area contributed by atoms with Gasteiger partial charge in [-0.1, -0.05) is 13.3 Å². The summed E-state index contributed by atoms with van der Waals surface area (Å²) in [5.74, 6) is 0. The van der Waals surface area contributed by atoms with Crippen LogP contribution in [0.5, 0.6) is 0 Å². The number of hydrogen-bond donors (Lipinski definition) is 0. The Balaban J connectivity index is 2.22. The van der Waals surface area contributed by atoms with Gasteiger partial charge >= 0.3 is 0 Å². The van der Waals surface area contributed by atoms with E-state index >= 15 is 0 Å². The van der Waals surface area contributed by atoms with Crippen molar-refractivity contribution >= 4 is 0 Å². The molecule has 1 heteroatoms. The first-order valence-electron chi connectivity index (χ1n) is 3.92. The summed E-state index contributed by atoms with van der Waals surface area (Å²) < 4.78 is 0. The molecule has 0 atom stereocenters. The predicted octanol–water partition coefficient (Wildman–Crippen LogP) is 2.58. The summed E-state index contributed by atoms with van der Waals surface area (Å²) in [7, 11) is 0. The Morgan fingerprint density at radius 2 is 2.20 bits per heavy atom. The van der Waals surface area contributed by atoms with Gasteiger partial charge in [0.05, 0.1) is 0 Å². The minimum atomic E-state index is 1.14. The highest BCUT2D eigenvalue weighted by Crippen LogP contribution is 2.13. The highest BCUT2D eigenvalue weighted by atomic mass is 14.9. The molecule has 1 nitrogen and oxygen atoms in total. The Morgan fingerprint density at radius 1 is 1.40 bits per heavy atom. The van der Waals surface area contributed by atoms with E-state index in [-0.39, 0.29) is 0 Å². The molecule has 0 N–H and O–H groups in total. The Hall–Kier alpha value is -0.720. The maximum atomic E-state index is 4.35. The van der Waals surface area contributed by atoms with Crippen LogP contribution in [0.3, 0.4) is 0 Å². The number of rotatable bonds is 3. The molecule has 55 valence electrons. The summed E-state index contributed by atoms with van der Waals surface area (Å²) in [6.45, 7) is 4.24. The fourth-order valence-electron chi connectivity index (χ4n) is 1.01. The second-order valence-electron chi connectivity index (χ2n) is 2.68. The van der Waals surface area contributed by atoms with Gasteiger partial charge in [-0.25, -0.2) is 0 Å². The Bertz CT molecular complexity index is 166. The number of nitrogens with zero attached hydrogens (tertiary/aromatic N) is 1. The first-order valence-corrected chi connectivity index (χ1v) is 3.92. The van der Waals surface area contributed by atoms with Crippen molar-refractivity contribution in [2.45, 2.75) is 33.1 Å². The third kappa shape index (κ3) is 1.90. The van der Waals surface area contributed by atoms with Crippen molar-refractivity contribution < 1.29 is 0 Å². The summed E-state index contributed by atoms with van der Waals surface area (Å²) in [6, 6.07) is 0. The van der Waals surface area contributed by atoms with E-state index in [1.807, 2.05) is 6.92 Å². The van der Waals surface area contributed by atoms with E-state index in [0.29, 0.717) is 0 Å². The molecule has 0 bridgehead atoms. The van der Waals surface area contributed by atoms with Crippen LogP contribution in [0.15, 0.2) is 23.5 Å². The van der Waals surface area contributed by atoms with Gasteiger partial charge in [-0.05, 0) is 31.9 Å². The molecule has 1 aliphatic rings. The maximum absolute atomic E-state index is 4.35. The van der Waals surface area contributed by atoms with E-state index in [4.69, 9.17) is 0 Å². The van der Waals surface area contributed by atoms with E-state index in [2.05, 4.69) is 24.4 Å². The topological polar surface area (TPSA) is 14.1 Å². The van der Waals surface area contributed by atoms with Crippen molar-refractivity contribution in [1.82, 2.24) is 5.32 Å². The zero-order chi connectivity index (χ0) is 7.40. The molecular formula is C9H14N. The molecule has 1 radical (unpaired) electrons. The van der Waals surface area contributed by atoms with Crippen LogP contribution in [0.4, 0.5) is 0 Å². The molecule has 0 unspecified atom stereocenters. The largest absolute Gasteiger partial charge is 0.258 e. The van der Waals surface area contributed by atoms with E-state index in [9.17, 15) is 0 Å². The van der Waals surface area contributed by atoms with Crippen LogP contribution in [-0.4, -0.2) is 0 Å². The molecule has 10 heavy (non-hydrogen) atoms. The van der Waals surface area contributed by atoms with Gasteiger partial charge < -0.3 is 0 Å². The van der Waals surface area contributed by atoms with E-state index < -0.39 is 0 Å². The molecule has 1 rings (SSSR count). The Morgan fingerprint density at radius 3 is 2.70 bits per heavy atom. The van der Waals surface area contributed by atoms with Crippen molar-refractivity contribution in [3.05, 3.63) is 23.5 Å². The van der Waals surface area contributed by atoms with E-state index in [1.54, 1.807) is 0 Å². The molecular weight excluding hydrogens is 122 g/mol. The SMILES string of the molecule is CCCCC1=CC=C(C)[N]1. The highest BCUT2D eigenvalue weighted by molar-refractivity contribution is 5.25. The van der Waals surface area contributed by atoms with Crippen LogP contribution in [0.25, 0.3) is 0 Å². The number of unbranched alkanes of at least 4 members (excludes halogenated alkanes) is 1. The average Bonchev–Trinajstić information content (AvgIpc) is 2.31. The Labute approximate surface area is 62.8 Å². The minimum Gasteiger partial charge on any atom is -0.258 e. The summed E-state index contributed by atoms with van der Waals surface area (Å²) in [5, 5.41) is 4.35. The highest BCUT2D eigenvalue weighted by Gasteiger charge is 2.03. The van der Waals surface area contributed by atoms with Crippen LogP contribution >= 0.6 is 0 Å². The lowest BCUT2D eigenvalue weighted by Crippen LogP contribution is -1.96. The molecule has 0 spiro atoms. The summed E-state index contributed by atoms with van der Waals surface area (Å²) in [6.07, 6.45) is 7.85. The zero-order valence-corrected chi connectivity index (χ0v) is 6.72. The van der Waals surface area contributed by atoms with Crippen LogP contribution in [0, 0.1) is 0 Å². The average molecular weight is 136 g/mol. The molecule has 0 saturated carbocycles. The monoisotopic (exact) mass is 136 g/mol. The molecule has 0 aliphatic carbocycles. The lowest BCUT2D eigenvalue weighted by Gasteiger charge is -1.99. The van der Waals surface area contributed by atoms with Gasteiger partial charge in [0.15, 0.2) is 0 Å². The standard InChI is InChI=1S/C9H14N/c1-3-4-5-9-7-6-8(2)10-9/h6-7H,3-5H2,1-2H3. The van der Waals surface area contributed by atoms with Crippen LogP contribution in [-0.2, 0) is 0 Å². The lowest BCUT2D eigenvalue weighted by molar-refractivity contribution is 0.747. The van der Waals surface area contributed by atoms with Crippen molar-refractivity contribution in [2.24, 2.45) is 0 Å². The van der Waals surface area contributed by atoms with E-state index in [0.717, 1.165) is 12.1 Å². The second kappa shape index (κ2) is 3.45. The molecule has 0 amide bonds. The fraction of sp³-hybridized carbons (Fsp3) is 0.556. The fourth-order valence-corrected chi connectivity index (χ4v) is 1.01. The number of hydrogen-bond acceptors (Lipinski definition) is 0. The quantitative estimate of drug-likeness (QED) is 0.566.